The van der Waals surface area contributed by atoms with Gasteiger partial charge in [-0.3, -0.25) is 4.79 Å². The van der Waals surface area contributed by atoms with Crippen LogP contribution in [0.2, 0.25) is 0 Å². The van der Waals surface area contributed by atoms with Gasteiger partial charge >= 0.3 is 12.1 Å². The quantitative estimate of drug-likeness (QED) is 0.412. The molecule has 0 aliphatic carbocycles. The number of hydrogen-bond acceptors (Lipinski definition) is 4. The zero-order valence-electron chi connectivity index (χ0n) is 19.2. The predicted molar refractivity (Wildman–Crippen MR) is 126 cm³/mol. The van der Waals surface area contributed by atoms with Crippen molar-refractivity contribution in [1.29, 1.82) is 0 Å². The highest BCUT2D eigenvalue weighted by Gasteiger charge is 2.54. The number of aliphatic hydroxyl groups is 1. The van der Waals surface area contributed by atoms with Gasteiger partial charge in [0.05, 0.1) is 11.3 Å². The topological polar surface area (TPSA) is 62.1 Å². The summed E-state index contributed by atoms with van der Waals surface area (Å²) < 4.78 is 61.2. The molecular formula is C27H24F4N2O3. The Labute approximate surface area is 205 Å². The SMILES string of the molecule is O=C(N1N=C(c2cc(F)ccc2OCc2ccccc2)CC1(CCCO)c1ccccc1)C(F)(F)F. The number of ether oxygens (including phenoxy) is 1. The predicted octanol–water partition coefficient (Wildman–Crippen LogP) is 5.57. The first-order chi connectivity index (χ1) is 17.2. The number of halogens is 4. The minimum absolute atomic E-state index is 0.0118. The number of rotatable bonds is 8. The number of carbonyl (C=O) groups excluding carboxylic acids is 1. The van der Waals surface area contributed by atoms with Crippen molar-refractivity contribution in [2.75, 3.05) is 6.61 Å². The molecule has 188 valence electrons. The minimum atomic E-state index is -5.19. The molecule has 3 aromatic rings. The lowest BCUT2D eigenvalue weighted by Crippen LogP contribution is -2.48. The van der Waals surface area contributed by atoms with Gasteiger partial charge in [-0.2, -0.15) is 18.3 Å². The zero-order valence-corrected chi connectivity index (χ0v) is 19.2. The molecule has 3 aromatic carbocycles. The van der Waals surface area contributed by atoms with Crippen LogP contribution in [0.4, 0.5) is 17.6 Å². The van der Waals surface area contributed by atoms with Crippen molar-refractivity contribution in [3.8, 4) is 5.75 Å². The number of hydrazone groups is 1. The van der Waals surface area contributed by atoms with E-state index in [9.17, 15) is 27.5 Å². The first kappa shape index (κ1) is 25.4. The molecule has 0 bridgehead atoms. The molecule has 4 rings (SSSR count). The normalized spacial score (nSPS) is 17.7. The van der Waals surface area contributed by atoms with E-state index >= 15 is 0 Å². The average molecular weight is 500 g/mol. The summed E-state index contributed by atoms with van der Waals surface area (Å²) in [6, 6.07) is 21.2. The Morgan fingerprint density at radius 1 is 1.03 bits per heavy atom. The highest BCUT2D eigenvalue weighted by atomic mass is 19.4. The number of aliphatic hydroxyl groups excluding tert-OH is 1. The number of hydrogen-bond donors (Lipinski definition) is 1. The molecule has 1 aliphatic heterocycles. The molecule has 1 atom stereocenters. The van der Waals surface area contributed by atoms with Gasteiger partial charge in [0.2, 0.25) is 0 Å². The minimum Gasteiger partial charge on any atom is -0.488 e. The summed E-state index contributed by atoms with van der Waals surface area (Å²) in [4.78, 5) is 12.6. The van der Waals surface area contributed by atoms with E-state index in [1.54, 1.807) is 30.3 Å². The Bertz CT molecular complexity index is 1230. The van der Waals surface area contributed by atoms with E-state index in [0.29, 0.717) is 10.6 Å². The Balaban J connectivity index is 1.79. The summed E-state index contributed by atoms with van der Waals surface area (Å²) in [6.07, 6.45) is -5.17. The number of nitrogens with zero attached hydrogens (tertiary/aromatic N) is 2. The van der Waals surface area contributed by atoms with E-state index in [2.05, 4.69) is 5.10 Å². The van der Waals surface area contributed by atoms with Crippen molar-refractivity contribution in [3.05, 3.63) is 101 Å². The molecule has 1 amide bonds. The van der Waals surface area contributed by atoms with Crippen LogP contribution in [0, 0.1) is 5.82 Å². The van der Waals surface area contributed by atoms with Gasteiger partial charge in [0.1, 0.15) is 18.2 Å². The average Bonchev–Trinajstić information content (AvgIpc) is 3.27. The van der Waals surface area contributed by atoms with E-state index in [1.807, 2.05) is 30.3 Å². The van der Waals surface area contributed by atoms with Crippen LogP contribution in [0.25, 0.3) is 0 Å². The maximum absolute atomic E-state index is 14.3. The van der Waals surface area contributed by atoms with Crippen molar-refractivity contribution >= 4 is 11.6 Å². The van der Waals surface area contributed by atoms with Crippen LogP contribution >= 0.6 is 0 Å². The van der Waals surface area contributed by atoms with Gasteiger partial charge in [0.15, 0.2) is 0 Å². The number of alkyl halides is 3. The summed E-state index contributed by atoms with van der Waals surface area (Å²) in [5, 5.41) is 14.0. The maximum atomic E-state index is 14.3. The summed E-state index contributed by atoms with van der Waals surface area (Å²) in [5.41, 5.74) is -0.00575. The molecule has 36 heavy (non-hydrogen) atoms. The van der Waals surface area contributed by atoms with Crippen molar-refractivity contribution in [2.45, 2.75) is 37.6 Å². The van der Waals surface area contributed by atoms with Gasteiger partial charge < -0.3 is 9.84 Å². The smallest absolute Gasteiger partial charge is 0.473 e. The van der Waals surface area contributed by atoms with E-state index in [4.69, 9.17) is 4.74 Å². The first-order valence-corrected chi connectivity index (χ1v) is 11.4. The van der Waals surface area contributed by atoms with Crippen molar-refractivity contribution in [1.82, 2.24) is 5.01 Å². The van der Waals surface area contributed by atoms with Gasteiger partial charge in [0.25, 0.3) is 0 Å². The van der Waals surface area contributed by atoms with Gasteiger partial charge in [-0.1, -0.05) is 60.7 Å². The van der Waals surface area contributed by atoms with Gasteiger partial charge in [-0.25, -0.2) is 9.40 Å². The Hall–Kier alpha value is -3.72. The van der Waals surface area contributed by atoms with Crippen LogP contribution in [-0.2, 0) is 16.9 Å². The van der Waals surface area contributed by atoms with Crippen LogP contribution in [0.1, 0.15) is 36.0 Å². The van der Waals surface area contributed by atoms with Crippen molar-refractivity contribution in [2.24, 2.45) is 5.10 Å². The fourth-order valence-electron chi connectivity index (χ4n) is 4.38. The molecular weight excluding hydrogens is 476 g/mol. The zero-order chi connectivity index (χ0) is 25.8. The largest absolute Gasteiger partial charge is 0.488 e. The fourth-order valence-corrected chi connectivity index (χ4v) is 4.38. The monoisotopic (exact) mass is 500 g/mol. The highest BCUT2D eigenvalue weighted by Crippen LogP contribution is 2.45. The molecule has 0 spiro atoms. The third-order valence-electron chi connectivity index (χ3n) is 6.07. The number of benzene rings is 3. The summed E-state index contributed by atoms with van der Waals surface area (Å²) in [5.74, 6) is -2.53. The van der Waals surface area contributed by atoms with Gasteiger partial charge in [-0.15, -0.1) is 0 Å². The second-order valence-electron chi connectivity index (χ2n) is 8.48. The molecule has 1 N–H and O–H groups in total. The van der Waals surface area contributed by atoms with Crippen LogP contribution in [-0.4, -0.2) is 34.5 Å². The van der Waals surface area contributed by atoms with Crippen LogP contribution in [0.5, 0.6) is 5.75 Å². The molecule has 1 aliphatic rings. The van der Waals surface area contributed by atoms with E-state index in [-0.39, 0.29) is 49.5 Å². The molecule has 5 nitrogen and oxygen atoms in total. The third-order valence-corrected chi connectivity index (χ3v) is 6.07. The maximum Gasteiger partial charge on any atom is 0.473 e. The van der Waals surface area contributed by atoms with Crippen LogP contribution in [0.3, 0.4) is 0 Å². The van der Waals surface area contributed by atoms with Crippen LogP contribution < -0.4 is 4.74 Å². The van der Waals surface area contributed by atoms with Crippen LogP contribution in [0.15, 0.2) is 84.0 Å². The van der Waals surface area contributed by atoms with E-state index < -0.39 is 23.4 Å². The molecule has 1 unspecified atom stereocenters. The molecule has 0 saturated carbocycles. The summed E-state index contributed by atoms with van der Waals surface area (Å²) >= 11 is 0. The fraction of sp³-hybridized carbons (Fsp3) is 0.259. The molecule has 0 aromatic heterocycles. The number of amides is 1. The van der Waals surface area contributed by atoms with E-state index in [0.717, 1.165) is 11.6 Å². The Kier molecular flexibility index (Phi) is 7.40. The molecule has 0 radical (unpaired) electrons. The van der Waals surface area contributed by atoms with E-state index in [1.165, 1.54) is 12.1 Å². The van der Waals surface area contributed by atoms with Gasteiger partial charge in [-0.05, 0) is 42.2 Å². The third kappa shape index (κ3) is 5.26. The number of carbonyl (C=O) groups is 1. The highest BCUT2D eigenvalue weighted by molar-refractivity contribution is 6.06. The van der Waals surface area contributed by atoms with Gasteiger partial charge in [0, 0.05) is 18.6 Å². The summed E-state index contributed by atoms with van der Waals surface area (Å²) in [7, 11) is 0. The standard InChI is InChI=1S/C27H24F4N2O3/c28-21-12-13-24(36-18-19-8-3-1-4-9-19)22(16-21)23-17-26(14-7-15-34,20-10-5-2-6-11-20)33(32-23)25(35)27(29,30)31/h1-6,8-13,16,34H,7,14-15,17-18H2. The Morgan fingerprint density at radius 2 is 1.69 bits per heavy atom. The molecule has 0 saturated heterocycles. The molecule has 9 heteroatoms. The lowest BCUT2D eigenvalue weighted by atomic mass is 9.80. The summed E-state index contributed by atoms with van der Waals surface area (Å²) in [6.45, 7) is -0.143. The first-order valence-electron chi connectivity index (χ1n) is 11.4. The van der Waals surface area contributed by atoms with Crippen molar-refractivity contribution < 1.29 is 32.2 Å². The lowest BCUT2D eigenvalue weighted by molar-refractivity contribution is -0.191. The Morgan fingerprint density at radius 3 is 2.33 bits per heavy atom. The second-order valence-corrected chi connectivity index (χ2v) is 8.48. The van der Waals surface area contributed by atoms with Crippen molar-refractivity contribution in [3.63, 3.8) is 0 Å². The lowest BCUT2D eigenvalue weighted by Gasteiger charge is -2.37. The molecule has 1 heterocycles. The molecule has 0 fully saturated rings. The second kappa shape index (κ2) is 10.5.